The molecule has 0 heterocycles. The Kier molecular flexibility index (Phi) is 5.45. The summed E-state index contributed by atoms with van der Waals surface area (Å²) in [6, 6.07) is 8.70. The molecule has 1 saturated carbocycles. The maximum atomic E-state index is 10.6. The van der Waals surface area contributed by atoms with Crippen molar-refractivity contribution in [1.82, 2.24) is 0 Å². The first-order valence-electron chi connectivity index (χ1n) is 8.04. The Balaban J connectivity index is 2.06. The monoisotopic (exact) mass is 260 g/mol. The van der Waals surface area contributed by atoms with E-state index in [2.05, 4.69) is 38.1 Å². The predicted octanol–water partition coefficient (Wildman–Crippen LogP) is 5.20. The SMILES string of the molecule is CCCCC(CC)C(O)c1cccc(C2CCC2)c1. The Morgan fingerprint density at radius 2 is 2.05 bits per heavy atom. The highest BCUT2D eigenvalue weighted by atomic mass is 16.3. The predicted molar refractivity (Wildman–Crippen MR) is 81.3 cm³/mol. The quantitative estimate of drug-likeness (QED) is 0.714. The Hall–Kier alpha value is -0.820. The van der Waals surface area contributed by atoms with E-state index >= 15 is 0 Å². The number of hydrogen-bond acceptors (Lipinski definition) is 1. The molecule has 0 bridgehead atoms. The molecule has 0 radical (unpaired) electrons. The lowest BCUT2D eigenvalue weighted by Crippen LogP contribution is -2.14. The largest absolute Gasteiger partial charge is 0.388 e. The molecule has 1 fully saturated rings. The number of rotatable bonds is 7. The third kappa shape index (κ3) is 3.60. The number of unbranched alkanes of at least 4 members (excludes halogenated alkanes) is 1. The standard InChI is InChI=1S/C18H28O/c1-3-5-8-14(4-2)18(19)17-12-7-11-16(13-17)15-9-6-10-15/h7,11-15,18-19H,3-6,8-10H2,1-2H3. The number of aliphatic hydroxyl groups is 1. The molecule has 2 atom stereocenters. The normalized spacial score (nSPS) is 18.9. The lowest BCUT2D eigenvalue weighted by Gasteiger charge is -2.27. The van der Waals surface area contributed by atoms with Crippen LogP contribution in [0.1, 0.15) is 81.9 Å². The van der Waals surface area contributed by atoms with E-state index in [1.807, 2.05) is 0 Å². The van der Waals surface area contributed by atoms with Gasteiger partial charge in [0.2, 0.25) is 0 Å². The van der Waals surface area contributed by atoms with Crippen molar-refractivity contribution >= 4 is 0 Å². The highest BCUT2D eigenvalue weighted by molar-refractivity contribution is 5.29. The van der Waals surface area contributed by atoms with Crippen LogP contribution >= 0.6 is 0 Å². The maximum absolute atomic E-state index is 10.6. The van der Waals surface area contributed by atoms with Crippen LogP contribution in [-0.4, -0.2) is 5.11 Å². The summed E-state index contributed by atoms with van der Waals surface area (Å²) in [4.78, 5) is 0. The van der Waals surface area contributed by atoms with Gasteiger partial charge in [0.05, 0.1) is 6.10 Å². The molecule has 1 nitrogen and oxygen atoms in total. The molecule has 1 aromatic rings. The Bertz CT molecular complexity index is 381. The van der Waals surface area contributed by atoms with Crippen molar-refractivity contribution in [3.8, 4) is 0 Å². The van der Waals surface area contributed by atoms with Gasteiger partial charge in [-0.05, 0) is 42.2 Å². The van der Waals surface area contributed by atoms with E-state index in [-0.39, 0.29) is 6.10 Å². The van der Waals surface area contributed by atoms with Crippen LogP contribution in [0.4, 0.5) is 0 Å². The third-order valence-corrected chi connectivity index (χ3v) is 4.73. The van der Waals surface area contributed by atoms with Crippen LogP contribution in [0.15, 0.2) is 24.3 Å². The van der Waals surface area contributed by atoms with Gasteiger partial charge >= 0.3 is 0 Å². The zero-order chi connectivity index (χ0) is 13.7. The molecule has 0 saturated heterocycles. The molecule has 0 spiro atoms. The molecule has 19 heavy (non-hydrogen) atoms. The maximum Gasteiger partial charge on any atom is 0.0818 e. The average molecular weight is 260 g/mol. The number of hydrogen-bond donors (Lipinski definition) is 1. The van der Waals surface area contributed by atoms with Gasteiger partial charge in [0.25, 0.3) is 0 Å². The van der Waals surface area contributed by atoms with Crippen molar-refractivity contribution in [3.05, 3.63) is 35.4 Å². The highest BCUT2D eigenvalue weighted by Gasteiger charge is 2.22. The van der Waals surface area contributed by atoms with Gasteiger partial charge < -0.3 is 5.11 Å². The zero-order valence-corrected chi connectivity index (χ0v) is 12.4. The minimum Gasteiger partial charge on any atom is -0.388 e. The summed E-state index contributed by atoms with van der Waals surface area (Å²) in [6.45, 7) is 4.41. The topological polar surface area (TPSA) is 20.2 Å². The molecular formula is C18H28O. The van der Waals surface area contributed by atoms with E-state index in [1.54, 1.807) is 0 Å². The van der Waals surface area contributed by atoms with Crippen molar-refractivity contribution in [2.75, 3.05) is 0 Å². The Morgan fingerprint density at radius 3 is 2.63 bits per heavy atom. The van der Waals surface area contributed by atoms with Crippen LogP contribution in [-0.2, 0) is 0 Å². The molecule has 2 rings (SSSR count). The van der Waals surface area contributed by atoms with Crippen molar-refractivity contribution in [2.45, 2.75) is 70.8 Å². The first-order valence-corrected chi connectivity index (χ1v) is 8.04. The van der Waals surface area contributed by atoms with Crippen LogP contribution in [0.5, 0.6) is 0 Å². The summed E-state index contributed by atoms with van der Waals surface area (Å²) in [5, 5.41) is 10.6. The van der Waals surface area contributed by atoms with Gasteiger partial charge in [0, 0.05) is 0 Å². The van der Waals surface area contributed by atoms with E-state index in [4.69, 9.17) is 0 Å². The van der Waals surface area contributed by atoms with Gasteiger partial charge in [-0.3, -0.25) is 0 Å². The van der Waals surface area contributed by atoms with Gasteiger partial charge in [0.15, 0.2) is 0 Å². The van der Waals surface area contributed by atoms with Crippen LogP contribution in [0.25, 0.3) is 0 Å². The lowest BCUT2D eigenvalue weighted by atomic mass is 9.79. The minimum absolute atomic E-state index is 0.281. The zero-order valence-electron chi connectivity index (χ0n) is 12.4. The van der Waals surface area contributed by atoms with Crippen LogP contribution in [0.2, 0.25) is 0 Å². The molecular weight excluding hydrogens is 232 g/mol. The van der Waals surface area contributed by atoms with Crippen LogP contribution in [0.3, 0.4) is 0 Å². The molecule has 1 aromatic carbocycles. The average Bonchev–Trinajstić information content (AvgIpc) is 2.38. The van der Waals surface area contributed by atoms with Gasteiger partial charge in [-0.25, -0.2) is 0 Å². The molecule has 1 aliphatic rings. The van der Waals surface area contributed by atoms with Gasteiger partial charge in [-0.2, -0.15) is 0 Å². The highest BCUT2D eigenvalue weighted by Crippen LogP contribution is 2.38. The van der Waals surface area contributed by atoms with Gasteiger partial charge in [-0.15, -0.1) is 0 Å². The van der Waals surface area contributed by atoms with Crippen molar-refractivity contribution < 1.29 is 5.11 Å². The van der Waals surface area contributed by atoms with Crippen molar-refractivity contribution in [3.63, 3.8) is 0 Å². The molecule has 2 unspecified atom stereocenters. The van der Waals surface area contributed by atoms with Crippen molar-refractivity contribution in [1.29, 1.82) is 0 Å². The molecule has 0 aromatic heterocycles. The fourth-order valence-corrected chi connectivity index (χ4v) is 3.06. The molecule has 1 heteroatoms. The molecule has 0 amide bonds. The second-order valence-electron chi connectivity index (χ2n) is 6.05. The van der Waals surface area contributed by atoms with E-state index in [0.29, 0.717) is 5.92 Å². The van der Waals surface area contributed by atoms with E-state index < -0.39 is 0 Å². The first kappa shape index (κ1) is 14.6. The van der Waals surface area contributed by atoms with Crippen molar-refractivity contribution in [2.24, 2.45) is 5.92 Å². The lowest BCUT2D eigenvalue weighted by molar-refractivity contribution is 0.0988. The number of aliphatic hydroxyl groups excluding tert-OH is 1. The fourth-order valence-electron chi connectivity index (χ4n) is 3.06. The number of benzene rings is 1. The van der Waals surface area contributed by atoms with Crippen LogP contribution < -0.4 is 0 Å². The smallest absolute Gasteiger partial charge is 0.0818 e. The Morgan fingerprint density at radius 1 is 1.26 bits per heavy atom. The Labute approximate surface area is 118 Å². The van der Waals surface area contributed by atoms with E-state index in [9.17, 15) is 5.11 Å². The third-order valence-electron chi connectivity index (χ3n) is 4.73. The second kappa shape index (κ2) is 7.09. The molecule has 1 N–H and O–H groups in total. The van der Waals surface area contributed by atoms with Gasteiger partial charge in [0.1, 0.15) is 0 Å². The molecule has 106 valence electrons. The summed E-state index contributed by atoms with van der Waals surface area (Å²) < 4.78 is 0. The summed E-state index contributed by atoms with van der Waals surface area (Å²) in [5.41, 5.74) is 2.57. The van der Waals surface area contributed by atoms with Crippen LogP contribution in [0, 0.1) is 5.92 Å². The molecule has 1 aliphatic carbocycles. The van der Waals surface area contributed by atoms with E-state index in [0.717, 1.165) is 24.3 Å². The fraction of sp³-hybridized carbons (Fsp3) is 0.667. The minimum atomic E-state index is -0.281. The second-order valence-corrected chi connectivity index (χ2v) is 6.05. The van der Waals surface area contributed by atoms with E-state index in [1.165, 1.54) is 37.7 Å². The first-order chi connectivity index (χ1) is 9.26. The molecule has 0 aliphatic heterocycles. The summed E-state index contributed by atoms with van der Waals surface area (Å²) in [6.07, 6.45) is 8.38. The van der Waals surface area contributed by atoms with Gasteiger partial charge in [-0.1, -0.05) is 63.8 Å². The summed E-state index contributed by atoms with van der Waals surface area (Å²) >= 11 is 0. The summed E-state index contributed by atoms with van der Waals surface area (Å²) in [7, 11) is 0. The summed E-state index contributed by atoms with van der Waals surface area (Å²) in [5.74, 6) is 1.17.